The van der Waals surface area contributed by atoms with Crippen LogP contribution in [0.2, 0.25) is 0 Å². The van der Waals surface area contributed by atoms with Crippen molar-refractivity contribution in [2.24, 2.45) is 4.99 Å². The minimum absolute atomic E-state index is 0.962. The minimum atomic E-state index is 0.962. The molecule has 0 fully saturated rings. The Labute approximate surface area is 86.0 Å². The number of rotatable bonds is 5. The summed E-state index contributed by atoms with van der Waals surface area (Å²) in [4.78, 5) is 6.13. The highest BCUT2D eigenvalue weighted by Gasteiger charge is 1.97. The third-order valence-electron chi connectivity index (χ3n) is 1.69. The summed E-state index contributed by atoms with van der Waals surface area (Å²) in [7, 11) is 5.80. The van der Waals surface area contributed by atoms with Crippen LogP contribution in [0.3, 0.4) is 0 Å². The van der Waals surface area contributed by atoms with E-state index in [1.165, 1.54) is 18.6 Å². The van der Waals surface area contributed by atoms with Crippen molar-refractivity contribution in [3.8, 4) is 0 Å². The predicted octanol–water partition coefficient (Wildman–Crippen LogP) is 1.27. The van der Waals surface area contributed by atoms with Gasteiger partial charge in [0, 0.05) is 27.7 Å². The van der Waals surface area contributed by atoms with Crippen LogP contribution < -0.4 is 5.32 Å². The van der Waals surface area contributed by atoms with Gasteiger partial charge in [-0.1, -0.05) is 0 Å². The molecule has 0 saturated heterocycles. The molecule has 0 heterocycles. The molecule has 78 valence electrons. The molecular formula is C9H21N3S. The van der Waals surface area contributed by atoms with Crippen molar-refractivity contribution >= 4 is 17.7 Å². The maximum atomic E-state index is 4.13. The topological polar surface area (TPSA) is 27.6 Å². The first-order valence-corrected chi connectivity index (χ1v) is 5.98. The van der Waals surface area contributed by atoms with Crippen molar-refractivity contribution in [2.45, 2.75) is 12.8 Å². The lowest BCUT2D eigenvalue weighted by Gasteiger charge is -2.16. The number of nitrogens with zero attached hydrogens (tertiary/aromatic N) is 2. The monoisotopic (exact) mass is 203 g/mol. The summed E-state index contributed by atoms with van der Waals surface area (Å²) in [6.45, 7) is 1.02. The lowest BCUT2D eigenvalue weighted by molar-refractivity contribution is 0.577. The van der Waals surface area contributed by atoms with Gasteiger partial charge in [0.2, 0.25) is 0 Å². The normalized spacial score (nSPS) is 11.5. The van der Waals surface area contributed by atoms with E-state index in [1.807, 2.05) is 37.8 Å². The van der Waals surface area contributed by atoms with Gasteiger partial charge in [-0.05, 0) is 24.9 Å². The largest absolute Gasteiger partial charge is 0.356 e. The number of guanidine groups is 1. The smallest absolute Gasteiger partial charge is 0.193 e. The van der Waals surface area contributed by atoms with Crippen molar-refractivity contribution in [2.75, 3.05) is 39.7 Å². The Morgan fingerprint density at radius 3 is 2.54 bits per heavy atom. The van der Waals surface area contributed by atoms with Gasteiger partial charge in [-0.3, -0.25) is 4.99 Å². The molecule has 0 atom stereocenters. The number of nitrogens with one attached hydrogen (secondary N) is 1. The molecule has 1 N–H and O–H groups in total. The lowest BCUT2D eigenvalue weighted by Crippen LogP contribution is -2.36. The molecule has 0 saturated carbocycles. The number of hydrogen-bond acceptors (Lipinski definition) is 2. The summed E-state index contributed by atoms with van der Waals surface area (Å²) < 4.78 is 0. The first kappa shape index (κ1) is 12.6. The molecule has 0 rings (SSSR count). The number of aliphatic imine (C=N–C) groups is 1. The van der Waals surface area contributed by atoms with Gasteiger partial charge in [-0.15, -0.1) is 0 Å². The molecule has 0 aliphatic rings. The molecule has 4 heteroatoms. The van der Waals surface area contributed by atoms with E-state index in [-0.39, 0.29) is 0 Å². The standard InChI is InChI=1S/C9H21N3S/c1-10-9(12(2)3)11-7-5-6-8-13-4/h5-8H2,1-4H3,(H,10,11). The van der Waals surface area contributed by atoms with Gasteiger partial charge in [-0.25, -0.2) is 0 Å². The Morgan fingerprint density at radius 2 is 2.08 bits per heavy atom. The predicted molar refractivity (Wildman–Crippen MR) is 62.7 cm³/mol. The van der Waals surface area contributed by atoms with Crippen LogP contribution in [0.5, 0.6) is 0 Å². The molecule has 0 aromatic rings. The summed E-state index contributed by atoms with van der Waals surface area (Å²) in [5.74, 6) is 2.21. The Hall–Kier alpha value is -0.380. The highest BCUT2D eigenvalue weighted by molar-refractivity contribution is 7.98. The number of hydrogen-bond donors (Lipinski definition) is 1. The molecule has 0 aliphatic heterocycles. The second-order valence-electron chi connectivity index (χ2n) is 3.07. The van der Waals surface area contributed by atoms with Crippen LogP contribution in [-0.4, -0.2) is 50.6 Å². The molecular weight excluding hydrogens is 182 g/mol. The summed E-state index contributed by atoms with van der Waals surface area (Å²) in [5, 5.41) is 3.29. The Balaban J connectivity index is 3.40. The van der Waals surface area contributed by atoms with Crippen molar-refractivity contribution in [1.82, 2.24) is 10.2 Å². The fourth-order valence-corrected chi connectivity index (χ4v) is 1.50. The second-order valence-corrected chi connectivity index (χ2v) is 4.05. The molecule has 0 aliphatic carbocycles. The van der Waals surface area contributed by atoms with E-state index in [1.54, 1.807) is 0 Å². The van der Waals surface area contributed by atoms with Crippen LogP contribution in [0, 0.1) is 0 Å². The second kappa shape index (κ2) is 8.23. The summed E-state index contributed by atoms with van der Waals surface area (Å²) in [6, 6.07) is 0. The maximum Gasteiger partial charge on any atom is 0.193 e. The molecule has 0 aromatic heterocycles. The van der Waals surface area contributed by atoms with E-state index in [2.05, 4.69) is 16.6 Å². The minimum Gasteiger partial charge on any atom is -0.356 e. The number of unbranched alkanes of at least 4 members (excludes halogenated alkanes) is 1. The van der Waals surface area contributed by atoms with E-state index >= 15 is 0 Å². The average Bonchev–Trinajstić information content (AvgIpc) is 2.10. The summed E-state index contributed by atoms with van der Waals surface area (Å²) >= 11 is 1.90. The van der Waals surface area contributed by atoms with E-state index in [0.717, 1.165) is 12.5 Å². The van der Waals surface area contributed by atoms with Gasteiger partial charge in [0.25, 0.3) is 0 Å². The van der Waals surface area contributed by atoms with E-state index in [0.29, 0.717) is 0 Å². The van der Waals surface area contributed by atoms with Gasteiger partial charge in [0.1, 0.15) is 0 Å². The molecule has 0 unspecified atom stereocenters. The molecule has 0 spiro atoms. The first-order valence-electron chi connectivity index (χ1n) is 4.59. The van der Waals surface area contributed by atoms with Crippen molar-refractivity contribution in [1.29, 1.82) is 0 Å². The summed E-state index contributed by atoms with van der Waals surface area (Å²) in [6.07, 6.45) is 4.64. The zero-order valence-electron chi connectivity index (χ0n) is 9.13. The molecule has 0 aromatic carbocycles. The fraction of sp³-hybridized carbons (Fsp3) is 0.889. The van der Waals surface area contributed by atoms with E-state index < -0.39 is 0 Å². The van der Waals surface area contributed by atoms with Gasteiger partial charge in [0.15, 0.2) is 5.96 Å². The quantitative estimate of drug-likeness (QED) is 0.414. The van der Waals surface area contributed by atoms with Gasteiger partial charge in [0.05, 0.1) is 0 Å². The third kappa shape index (κ3) is 6.75. The maximum absolute atomic E-state index is 4.13. The van der Waals surface area contributed by atoms with Crippen LogP contribution in [0.15, 0.2) is 4.99 Å². The Kier molecular flexibility index (Phi) is 7.99. The molecule has 13 heavy (non-hydrogen) atoms. The van der Waals surface area contributed by atoms with Crippen LogP contribution in [0.1, 0.15) is 12.8 Å². The van der Waals surface area contributed by atoms with E-state index in [9.17, 15) is 0 Å². The third-order valence-corrected chi connectivity index (χ3v) is 2.39. The SMILES string of the molecule is CN=C(NCCCCSC)N(C)C. The molecule has 0 bridgehead atoms. The van der Waals surface area contributed by atoms with E-state index in [4.69, 9.17) is 0 Å². The van der Waals surface area contributed by atoms with Gasteiger partial charge >= 0.3 is 0 Å². The fourth-order valence-electron chi connectivity index (χ4n) is 1.01. The molecule has 3 nitrogen and oxygen atoms in total. The summed E-state index contributed by atoms with van der Waals surface area (Å²) in [5.41, 5.74) is 0. The highest BCUT2D eigenvalue weighted by atomic mass is 32.2. The van der Waals surface area contributed by atoms with Crippen molar-refractivity contribution < 1.29 is 0 Å². The molecule has 0 radical (unpaired) electrons. The van der Waals surface area contributed by atoms with Gasteiger partial charge in [-0.2, -0.15) is 11.8 Å². The Morgan fingerprint density at radius 1 is 1.38 bits per heavy atom. The zero-order valence-corrected chi connectivity index (χ0v) is 9.95. The van der Waals surface area contributed by atoms with Crippen molar-refractivity contribution in [3.63, 3.8) is 0 Å². The van der Waals surface area contributed by atoms with Crippen LogP contribution in [0.25, 0.3) is 0 Å². The van der Waals surface area contributed by atoms with Crippen LogP contribution in [0.4, 0.5) is 0 Å². The lowest BCUT2D eigenvalue weighted by atomic mass is 10.3. The highest BCUT2D eigenvalue weighted by Crippen LogP contribution is 1.97. The zero-order chi connectivity index (χ0) is 10.1. The van der Waals surface area contributed by atoms with Crippen molar-refractivity contribution in [3.05, 3.63) is 0 Å². The molecule has 0 amide bonds. The first-order chi connectivity index (χ1) is 6.22. The van der Waals surface area contributed by atoms with Crippen LogP contribution in [-0.2, 0) is 0 Å². The van der Waals surface area contributed by atoms with Gasteiger partial charge < -0.3 is 10.2 Å². The Bertz CT molecular complexity index is 146. The number of thioether (sulfide) groups is 1. The van der Waals surface area contributed by atoms with Crippen LogP contribution >= 0.6 is 11.8 Å². The average molecular weight is 203 g/mol.